The number of sulfonamides is 1. The van der Waals surface area contributed by atoms with Crippen LogP contribution in [-0.4, -0.2) is 45.4 Å². The molecule has 1 amide bonds. The predicted octanol–water partition coefficient (Wildman–Crippen LogP) is 0.477. The molecule has 1 fully saturated rings. The molecule has 1 atom stereocenters. The van der Waals surface area contributed by atoms with E-state index in [0.29, 0.717) is 19.4 Å². The van der Waals surface area contributed by atoms with Gasteiger partial charge >= 0.3 is 0 Å². The van der Waals surface area contributed by atoms with Crippen molar-refractivity contribution in [2.75, 3.05) is 20.1 Å². The van der Waals surface area contributed by atoms with Gasteiger partial charge in [-0.15, -0.1) is 0 Å². The van der Waals surface area contributed by atoms with Crippen molar-refractivity contribution in [2.24, 2.45) is 5.73 Å². The number of nitrogens with two attached hydrogens (primary N) is 1. The van der Waals surface area contributed by atoms with Crippen LogP contribution in [0.1, 0.15) is 24.8 Å². The van der Waals surface area contributed by atoms with Gasteiger partial charge < -0.3 is 10.6 Å². The summed E-state index contributed by atoms with van der Waals surface area (Å²) < 4.78 is 25.5. The summed E-state index contributed by atoms with van der Waals surface area (Å²) in [6, 6.07) is 6.70. The lowest BCUT2D eigenvalue weighted by molar-refractivity contribution is -0.132. The van der Waals surface area contributed by atoms with Crippen molar-refractivity contribution >= 4 is 15.9 Å². The molecular weight excluding hydrogens is 302 g/mol. The Bertz CT molecular complexity index is 613. The van der Waals surface area contributed by atoms with Gasteiger partial charge in [0.05, 0.1) is 4.90 Å². The van der Waals surface area contributed by atoms with Crippen molar-refractivity contribution in [1.82, 2.24) is 9.62 Å². The normalized spacial score (nSPS) is 19.2. The average Bonchev–Trinajstić information content (AvgIpc) is 2.53. The van der Waals surface area contributed by atoms with E-state index in [1.807, 2.05) is 4.90 Å². The highest BCUT2D eigenvalue weighted by molar-refractivity contribution is 7.89. The molecule has 6 nitrogen and oxygen atoms in total. The molecule has 0 aliphatic carbocycles. The van der Waals surface area contributed by atoms with Crippen LogP contribution in [0, 0.1) is 0 Å². The lowest BCUT2D eigenvalue weighted by Gasteiger charge is -2.30. The Balaban J connectivity index is 1.90. The van der Waals surface area contributed by atoms with Gasteiger partial charge in [0.15, 0.2) is 0 Å². The highest BCUT2D eigenvalue weighted by atomic mass is 32.2. The standard InChI is InChI=1S/C15H23N3O3S/c1-17-22(20,21)14-7-4-12(5-8-14)6-9-15(19)18-10-2-3-13(16)11-18/h4-5,7-8,13,17H,2-3,6,9-11,16H2,1H3/t13-/m1/s1. The van der Waals surface area contributed by atoms with Gasteiger partial charge in [-0.25, -0.2) is 13.1 Å². The van der Waals surface area contributed by atoms with E-state index in [4.69, 9.17) is 5.73 Å². The second-order valence-corrected chi connectivity index (χ2v) is 7.48. The maximum atomic E-state index is 12.2. The zero-order chi connectivity index (χ0) is 16.2. The van der Waals surface area contributed by atoms with Crippen molar-refractivity contribution in [3.8, 4) is 0 Å². The molecule has 0 spiro atoms. The fourth-order valence-corrected chi connectivity index (χ4v) is 3.33. The van der Waals surface area contributed by atoms with E-state index in [9.17, 15) is 13.2 Å². The summed E-state index contributed by atoms with van der Waals surface area (Å²) in [5, 5.41) is 0. The Morgan fingerprint density at radius 1 is 1.36 bits per heavy atom. The van der Waals surface area contributed by atoms with Crippen molar-refractivity contribution in [1.29, 1.82) is 0 Å². The van der Waals surface area contributed by atoms with E-state index in [2.05, 4.69) is 4.72 Å². The number of benzene rings is 1. The third kappa shape index (κ3) is 4.28. The van der Waals surface area contributed by atoms with Crippen LogP contribution in [-0.2, 0) is 21.2 Å². The molecule has 0 unspecified atom stereocenters. The highest BCUT2D eigenvalue weighted by Gasteiger charge is 2.20. The van der Waals surface area contributed by atoms with Gasteiger partial charge in [-0.3, -0.25) is 4.79 Å². The molecule has 0 aromatic heterocycles. The molecule has 3 N–H and O–H groups in total. The Morgan fingerprint density at radius 2 is 2.05 bits per heavy atom. The van der Waals surface area contributed by atoms with Gasteiger partial charge in [-0.05, 0) is 44.0 Å². The Morgan fingerprint density at radius 3 is 2.64 bits per heavy atom. The van der Waals surface area contributed by atoms with E-state index < -0.39 is 10.0 Å². The van der Waals surface area contributed by atoms with Crippen LogP contribution in [0.15, 0.2) is 29.2 Å². The minimum atomic E-state index is -3.41. The van der Waals surface area contributed by atoms with Gasteiger partial charge in [0, 0.05) is 25.6 Å². The molecule has 1 aliphatic heterocycles. The first-order valence-electron chi connectivity index (χ1n) is 7.48. The van der Waals surface area contributed by atoms with Gasteiger partial charge in [-0.2, -0.15) is 0 Å². The fraction of sp³-hybridized carbons (Fsp3) is 0.533. The molecule has 1 aliphatic rings. The van der Waals surface area contributed by atoms with Crippen molar-refractivity contribution in [3.05, 3.63) is 29.8 Å². The maximum Gasteiger partial charge on any atom is 0.240 e. The van der Waals surface area contributed by atoms with E-state index >= 15 is 0 Å². The predicted molar refractivity (Wildman–Crippen MR) is 84.8 cm³/mol. The minimum absolute atomic E-state index is 0.0868. The summed E-state index contributed by atoms with van der Waals surface area (Å²) in [5.74, 6) is 0.113. The van der Waals surface area contributed by atoms with Crippen LogP contribution in [0.4, 0.5) is 0 Å². The van der Waals surface area contributed by atoms with Crippen LogP contribution in [0.3, 0.4) is 0 Å². The molecule has 7 heteroatoms. The van der Waals surface area contributed by atoms with Crippen LogP contribution in [0.2, 0.25) is 0 Å². The number of amides is 1. The van der Waals surface area contributed by atoms with Gasteiger partial charge in [0.25, 0.3) is 0 Å². The Kier molecular flexibility index (Phi) is 5.55. The van der Waals surface area contributed by atoms with Crippen LogP contribution in [0.5, 0.6) is 0 Å². The lowest BCUT2D eigenvalue weighted by Crippen LogP contribution is -2.45. The average molecular weight is 325 g/mol. The summed E-state index contributed by atoms with van der Waals surface area (Å²) in [6.45, 7) is 1.42. The zero-order valence-corrected chi connectivity index (χ0v) is 13.6. The van der Waals surface area contributed by atoms with E-state index in [-0.39, 0.29) is 16.8 Å². The Hall–Kier alpha value is -1.44. The first-order valence-corrected chi connectivity index (χ1v) is 8.96. The third-order valence-electron chi connectivity index (χ3n) is 3.94. The summed E-state index contributed by atoms with van der Waals surface area (Å²) in [6.07, 6.45) is 2.96. The van der Waals surface area contributed by atoms with Crippen molar-refractivity contribution in [2.45, 2.75) is 36.6 Å². The quantitative estimate of drug-likeness (QED) is 0.823. The zero-order valence-electron chi connectivity index (χ0n) is 12.8. The molecule has 2 rings (SSSR count). The van der Waals surface area contributed by atoms with Crippen molar-refractivity contribution < 1.29 is 13.2 Å². The van der Waals surface area contributed by atoms with Gasteiger partial charge in [0.1, 0.15) is 0 Å². The number of carbonyl (C=O) groups is 1. The molecule has 1 aromatic rings. The van der Waals surface area contributed by atoms with E-state index in [1.165, 1.54) is 7.05 Å². The first kappa shape index (κ1) is 16.9. The lowest BCUT2D eigenvalue weighted by atomic mass is 10.0. The number of carbonyl (C=O) groups excluding carboxylic acids is 1. The number of likely N-dealkylation sites (tertiary alicyclic amines) is 1. The number of nitrogens with one attached hydrogen (secondary N) is 1. The molecule has 1 heterocycles. The summed E-state index contributed by atoms with van der Waals surface area (Å²) in [5.41, 5.74) is 6.83. The Labute approximate surface area is 131 Å². The molecule has 22 heavy (non-hydrogen) atoms. The SMILES string of the molecule is CNS(=O)(=O)c1ccc(CCC(=O)N2CCC[C@@H](N)C2)cc1. The van der Waals surface area contributed by atoms with Gasteiger partial charge in [0.2, 0.25) is 15.9 Å². The number of hydrogen-bond acceptors (Lipinski definition) is 4. The largest absolute Gasteiger partial charge is 0.341 e. The number of hydrogen-bond donors (Lipinski definition) is 2. The topological polar surface area (TPSA) is 92.5 Å². The second-order valence-electron chi connectivity index (χ2n) is 5.59. The van der Waals surface area contributed by atoms with Crippen LogP contribution < -0.4 is 10.5 Å². The molecule has 1 saturated heterocycles. The van der Waals surface area contributed by atoms with Crippen molar-refractivity contribution in [3.63, 3.8) is 0 Å². The smallest absolute Gasteiger partial charge is 0.240 e. The van der Waals surface area contributed by atoms with Gasteiger partial charge in [-0.1, -0.05) is 12.1 Å². The van der Waals surface area contributed by atoms with E-state index in [0.717, 1.165) is 24.9 Å². The van der Waals surface area contributed by atoms with Crippen LogP contribution >= 0.6 is 0 Å². The molecule has 1 aromatic carbocycles. The van der Waals surface area contributed by atoms with E-state index in [1.54, 1.807) is 24.3 Å². The first-order chi connectivity index (χ1) is 10.4. The molecule has 0 saturated carbocycles. The second kappa shape index (κ2) is 7.21. The number of rotatable bonds is 5. The minimum Gasteiger partial charge on any atom is -0.341 e. The summed E-state index contributed by atoms with van der Waals surface area (Å²) >= 11 is 0. The summed E-state index contributed by atoms with van der Waals surface area (Å²) in [4.78, 5) is 14.2. The number of aryl methyl sites for hydroxylation is 1. The maximum absolute atomic E-state index is 12.2. The summed E-state index contributed by atoms with van der Waals surface area (Å²) in [7, 11) is -2.03. The number of nitrogens with zero attached hydrogens (tertiary/aromatic N) is 1. The molecule has 0 bridgehead atoms. The highest BCUT2D eigenvalue weighted by Crippen LogP contribution is 2.14. The third-order valence-corrected chi connectivity index (χ3v) is 5.37. The monoisotopic (exact) mass is 325 g/mol. The molecule has 0 radical (unpaired) electrons. The van der Waals surface area contributed by atoms with Crippen LogP contribution in [0.25, 0.3) is 0 Å². The molecular formula is C15H23N3O3S. The molecule has 122 valence electrons. The number of piperidine rings is 1. The fourth-order valence-electron chi connectivity index (χ4n) is 2.60.